The van der Waals surface area contributed by atoms with E-state index >= 15 is 0 Å². The molecule has 2 aliphatic rings. The average molecular weight is 406 g/mol. The zero-order valence-electron chi connectivity index (χ0n) is 17.1. The number of rotatable bonds is 4. The quantitative estimate of drug-likeness (QED) is 0.717. The van der Waals surface area contributed by atoms with Gasteiger partial charge in [-0.3, -0.25) is 4.79 Å². The molecule has 30 heavy (non-hydrogen) atoms. The highest BCUT2D eigenvalue weighted by Crippen LogP contribution is 2.32. The molecule has 3 heterocycles. The monoisotopic (exact) mass is 406 g/mol. The number of ether oxygens (including phenoxy) is 1. The van der Waals surface area contributed by atoms with Crippen molar-refractivity contribution in [2.45, 2.75) is 19.4 Å². The number of anilines is 1. The van der Waals surface area contributed by atoms with Crippen molar-refractivity contribution in [3.63, 3.8) is 0 Å². The van der Waals surface area contributed by atoms with Gasteiger partial charge in [0.25, 0.3) is 11.9 Å². The summed E-state index contributed by atoms with van der Waals surface area (Å²) in [6, 6.07) is 13.9. The van der Waals surface area contributed by atoms with Crippen molar-refractivity contribution in [2.75, 3.05) is 44.2 Å². The number of piperazine rings is 1. The largest absolute Gasteiger partial charge is 0.493 e. The van der Waals surface area contributed by atoms with Crippen molar-refractivity contribution < 1.29 is 13.9 Å². The Morgan fingerprint density at radius 1 is 1.17 bits per heavy atom. The van der Waals surface area contributed by atoms with Crippen molar-refractivity contribution in [3.05, 3.63) is 53.6 Å². The molecule has 2 aliphatic heterocycles. The number of carbonyl (C=O) groups is 1. The van der Waals surface area contributed by atoms with Crippen molar-refractivity contribution in [1.82, 2.24) is 15.2 Å². The molecule has 1 saturated heterocycles. The third-order valence-corrected chi connectivity index (χ3v) is 5.99. The van der Waals surface area contributed by atoms with Crippen molar-refractivity contribution in [1.29, 1.82) is 0 Å². The van der Waals surface area contributed by atoms with Crippen molar-refractivity contribution >= 4 is 23.0 Å². The Kier molecular flexibility index (Phi) is 5.04. The number of para-hydroxylation sites is 1. The van der Waals surface area contributed by atoms with Gasteiger partial charge in [0.2, 0.25) is 0 Å². The molecule has 1 aromatic heterocycles. The van der Waals surface area contributed by atoms with E-state index in [9.17, 15) is 4.79 Å². The van der Waals surface area contributed by atoms with Gasteiger partial charge in [-0.15, -0.1) is 0 Å². The number of aromatic nitrogens is 1. The van der Waals surface area contributed by atoms with Crippen molar-refractivity contribution in [3.8, 4) is 5.75 Å². The minimum Gasteiger partial charge on any atom is -0.493 e. The summed E-state index contributed by atoms with van der Waals surface area (Å²) in [6.07, 6.45) is 0.753. The lowest BCUT2D eigenvalue weighted by Crippen LogP contribution is -2.46. The Morgan fingerprint density at radius 2 is 2.00 bits per heavy atom. The predicted octanol–water partition coefficient (Wildman–Crippen LogP) is 3.22. The Labute approximate surface area is 175 Å². The lowest BCUT2D eigenvalue weighted by molar-refractivity contribution is 0.0925. The second kappa shape index (κ2) is 7.99. The van der Waals surface area contributed by atoms with Gasteiger partial charge >= 0.3 is 0 Å². The lowest BCUT2D eigenvalue weighted by atomic mass is 10.00. The SMILES string of the molecule is CCN1CCN(c2nc3cc(C(=O)N[C@H]4CCOc5ccccc54)ccc3o2)CC1. The molecule has 1 amide bonds. The summed E-state index contributed by atoms with van der Waals surface area (Å²) >= 11 is 0. The fraction of sp³-hybridized carbons (Fsp3) is 0.391. The molecule has 0 aliphatic carbocycles. The number of hydrogen-bond acceptors (Lipinski definition) is 6. The molecule has 1 N–H and O–H groups in total. The standard InChI is InChI=1S/C23H26N4O3/c1-2-26-10-12-27(13-11-26)23-25-19-15-16(7-8-21(19)30-23)22(28)24-18-9-14-29-20-6-4-3-5-17(18)20/h3-8,15,18H,2,9-14H2,1H3,(H,24,28)/t18-/m0/s1. The second-order valence-corrected chi connectivity index (χ2v) is 7.80. The maximum absolute atomic E-state index is 12.9. The highest BCUT2D eigenvalue weighted by atomic mass is 16.5. The zero-order valence-corrected chi connectivity index (χ0v) is 17.1. The smallest absolute Gasteiger partial charge is 0.298 e. The summed E-state index contributed by atoms with van der Waals surface area (Å²) in [5, 5.41) is 3.14. The molecule has 5 rings (SSSR count). The molecule has 156 valence electrons. The molecular formula is C23H26N4O3. The molecule has 3 aromatic rings. The molecule has 0 unspecified atom stereocenters. The highest BCUT2D eigenvalue weighted by Gasteiger charge is 2.24. The summed E-state index contributed by atoms with van der Waals surface area (Å²) in [4.78, 5) is 22.2. The van der Waals surface area contributed by atoms with Crippen LogP contribution in [0.3, 0.4) is 0 Å². The van der Waals surface area contributed by atoms with E-state index in [1.165, 1.54) is 0 Å². The Hall–Kier alpha value is -3.06. The normalized spacial score (nSPS) is 19.4. The molecule has 7 nitrogen and oxygen atoms in total. The van der Waals surface area contributed by atoms with Crippen LogP contribution in [0.5, 0.6) is 5.75 Å². The minimum atomic E-state index is -0.111. The summed E-state index contributed by atoms with van der Waals surface area (Å²) in [5.74, 6) is 0.730. The van der Waals surface area contributed by atoms with E-state index in [-0.39, 0.29) is 11.9 Å². The van der Waals surface area contributed by atoms with Crippen LogP contribution in [0.1, 0.15) is 35.3 Å². The van der Waals surface area contributed by atoms with Gasteiger partial charge in [-0.1, -0.05) is 25.1 Å². The number of benzene rings is 2. The van der Waals surface area contributed by atoms with E-state index in [2.05, 4.69) is 27.0 Å². The number of carbonyl (C=O) groups excluding carboxylic acids is 1. The number of hydrogen-bond donors (Lipinski definition) is 1. The zero-order chi connectivity index (χ0) is 20.5. The topological polar surface area (TPSA) is 70.8 Å². The first-order chi connectivity index (χ1) is 14.7. The molecule has 7 heteroatoms. The van der Waals surface area contributed by atoms with Crippen LogP contribution in [0.15, 0.2) is 46.9 Å². The van der Waals surface area contributed by atoms with Gasteiger partial charge in [-0.2, -0.15) is 4.98 Å². The van der Waals surface area contributed by atoms with Gasteiger partial charge < -0.3 is 24.3 Å². The summed E-state index contributed by atoms with van der Waals surface area (Å²) in [5.41, 5.74) is 3.02. The van der Waals surface area contributed by atoms with Crippen LogP contribution in [0, 0.1) is 0 Å². The van der Waals surface area contributed by atoms with Gasteiger partial charge in [-0.05, 0) is 30.8 Å². The van der Waals surface area contributed by atoms with Gasteiger partial charge in [0, 0.05) is 43.7 Å². The number of fused-ring (bicyclic) bond motifs is 2. The van der Waals surface area contributed by atoms with Gasteiger partial charge in [0.15, 0.2) is 5.58 Å². The lowest BCUT2D eigenvalue weighted by Gasteiger charge is -2.32. The first-order valence-corrected chi connectivity index (χ1v) is 10.6. The van der Waals surface area contributed by atoms with Gasteiger partial charge in [0.05, 0.1) is 12.6 Å². The van der Waals surface area contributed by atoms with E-state index in [0.29, 0.717) is 29.3 Å². The second-order valence-electron chi connectivity index (χ2n) is 7.80. The number of oxazole rings is 1. The van der Waals surface area contributed by atoms with Crippen LogP contribution in [0.4, 0.5) is 6.01 Å². The number of amides is 1. The number of nitrogens with zero attached hydrogens (tertiary/aromatic N) is 3. The van der Waals surface area contributed by atoms with Crippen LogP contribution in [-0.2, 0) is 0 Å². The van der Waals surface area contributed by atoms with E-state index < -0.39 is 0 Å². The Bertz CT molecular complexity index is 1060. The molecule has 1 fully saturated rings. The van der Waals surface area contributed by atoms with Gasteiger partial charge in [-0.25, -0.2) is 0 Å². The van der Waals surface area contributed by atoms with E-state index in [0.717, 1.165) is 50.5 Å². The van der Waals surface area contributed by atoms with Crippen molar-refractivity contribution in [2.24, 2.45) is 0 Å². The fourth-order valence-corrected chi connectivity index (χ4v) is 4.18. The van der Waals surface area contributed by atoms with Crippen LogP contribution in [0.2, 0.25) is 0 Å². The maximum Gasteiger partial charge on any atom is 0.298 e. The fourth-order valence-electron chi connectivity index (χ4n) is 4.18. The van der Waals surface area contributed by atoms with E-state index in [1.807, 2.05) is 36.4 Å². The van der Waals surface area contributed by atoms with Crippen LogP contribution < -0.4 is 15.0 Å². The van der Waals surface area contributed by atoms with Crippen LogP contribution in [0.25, 0.3) is 11.1 Å². The summed E-state index contributed by atoms with van der Waals surface area (Å²) < 4.78 is 11.6. The Balaban J connectivity index is 1.32. The Morgan fingerprint density at radius 3 is 2.83 bits per heavy atom. The molecule has 1 atom stereocenters. The predicted molar refractivity (Wildman–Crippen MR) is 115 cm³/mol. The molecular weight excluding hydrogens is 380 g/mol. The van der Waals surface area contributed by atoms with E-state index in [1.54, 1.807) is 6.07 Å². The molecule has 0 saturated carbocycles. The number of likely N-dealkylation sites (N-methyl/N-ethyl adjacent to an activating group) is 1. The first-order valence-electron chi connectivity index (χ1n) is 10.6. The van der Waals surface area contributed by atoms with Crippen LogP contribution in [-0.4, -0.2) is 55.1 Å². The molecule has 0 bridgehead atoms. The average Bonchev–Trinajstić information content (AvgIpc) is 3.23. The minimum absolute atomic E-state index is 0.0547. The van der Waals surface area contributed by atoms with Gasteiger partial charge in [0.1, 0.15) is 11.3 Å². The molecule has 2 aromatic carbocycles. The third-order valence-electron chi connectivity index (χ3n) is 5.99. The molecule has 0 spiro atoms. The van der Waals surface area contributed by atoms with E-state index in [4.69, 9.17) is 9.15 Å². The first kappa shape index (κ1) is 18.9. The highest BCUT2D eigenvalue weighted by molar-refractivity contribution is 5.97. The van der Waals surface area contributed by atoms with Crippen LogP contribution >= 0.6 is 0 Å². The summed E-state index contributed by atoms with van der Waals surface area (Å²) in [6.45, 7) is 7.66. The molecule has 0 radical (unpaired) electrons. The summed E-state index contributed by atoms with van der Waals surface area (Å²) in [7, 11) is 0. The number of nitrogens with one attached hydrogen (secondary N) is 1. The third kappa shape index (κ3) is 3.61. The maximum atomic E-state index is 12.9.